The fraction of sp³-hybridized carbons (Fsp3) is 0.857. The molecule has 30 heteroatoms. The maximum Gasteiger partial charge on any atom is 1.00 e. The van der Waals surface area contributed by atoms with Crippen molar-refractivity contribution in [1.82, 2.24) is 35.6 Å². The van der Waals surface area contributed by atoms with Gasteiger partial charge in [0.1, 0.15) is 0 Å². The number of piperidine rings is 5. The van der Waals surface area contributed by atoms with E-state index in [1.807, 2.05) is 111 Å². The monoisotopic (exact) mass is 1320 g/mol. The summed E-state index contributed by atoms with van der Waals surface area (Å²) in [5.74, 6) is -0.846. The van der Waals surface area contributed by atoms with Gasteiger partial charge in [-0.1, -0.05) is 11.6 Å². The number of carboxylic acid groups (broad SMARTS) is 1. The molecule has 1 aromatic rings. The molecule has 0 unspecified atom stereocenters. The van der Waals surface area contributed by atoms with Crippen LogP contribution in [0.4, 0.5) is 0 Å². The molecule has 86 heavy (non-hydrogen) atoms. The van der Waals surface area contributed by atoms with Crippen LogP contribution in [0, 0.1) is 0 Å². The number of aliphatic carboxylic acids is 1. The number of hydroxylamine groups is 8. The number of sulfonamides is 1. The number of carbonyl (C=O) groups excluding carboxylic acids is 1. The molecule has 6 rings (SSSR count). The van der Waals surface area contributed by atoms with Gasteiger partial charge in [-0.25, -0.2) is 30.0 Å². The average Bonchev–Trinajstić information content (AvgIpc) is 3.23. The first-order valence-corrected chi connectivity index (χ1v) is 33.1. The Morgan fingerprint density at radius 2 is 0.872 bits per heavy atom. The summed E-state index contributed by atoms with van der Waals surface area (Å²) in [5.41, 5.74) is -4.14. The Hall–Kier alpha value is -0.260. The molecule has 0 aromatic heterocycles. The van der Waals surface area contributed by atoms with E-state index >= 15 is 0 Å². The van der Waals surface area contributed by atoms with Gasteiger partial charge in [0.15, 0.2) is 0 Å². The summed E-state index contributed by atoms with van der Waals surface area (Å²) in [4.78, 5) is 21.6. The van der Waals surface area contributed by atoms with E-state index < -0.39 is 70.0 Å². The number of carboxylic acids is 1. The molecule has 24 nitrogen and oxygen atoms in total. The Morgan fingerprint density at radius 1 is 0.558 bits per heavy atom. The van der Waals surface area contributed by atoms with Crippen molar-refractivity contribution in [2.75, 3.05) is 6.61 Å². The van der Waals surface area contributed by atoms with E-state index in [0.29, 0.717) is 43.5 Å². The smallest absolute Gasteiger partial charge is 0.748 e. The first kappa shape index (κ1) is 85.7. The standard InChI is InChI=1S/C15H23ClN2O3S.C12H23NO4.C11H22N2O2.C9H19NO5S.C9H19NO3S.2Na/c1-14(2)9-12(10-15(3,4)18(14)19)17-22(20,21)13-7-5-11(16)6-8-13;1-11(2)7-9(17-6-5-10(14)15)8-12(3,4)13(11)16;1-8(14)12-9-6-10(2,3)13(15)11(4,5)7-9;1-8(2)5-7(15-16(12,13)14)6-9(3,4)10(8)11;1-8(2)5-7(14(11,12)13)6-9(3,4)10-8;;/h5-8,12,17,19H,9-10H2,1-4H3;9,16H,5-8H2,1-4H3,(H,14,15);9,15H,6-7H2,1-5H3,(H,12,14);7,11H,5-6H2,1-4H3,(H,12,13,14);7,10H,5-6H2,1-4H3,(H,11,12,13);;/q;;;;;2*+1/p-2. The average molecular weight is 1330 g/mol. The number of hydrogen-bond acceptors (Lipinski definition) is 21. The number of amides is 1. The maximum atomic E-state index is 12.5. The van der Waals surface area contributed by atoms with Crippen LogP contribution in [0.25, 0.3) is 0 Å². The Kier molecular flexibility index (Phi) is 31.2. The first-order valence-electron chi connectivity index (χ1n) is 28.4. The number of nitrogens with zero attached hydrogens (tertiary/aromatic N) is 4. The van der Waals surface area contributed by atoms with E-state index in [2.05, 4.69) is 19.5 Å². The van der Waals surface area contributed by atoms with E-state index in [9.17, 15) is 64.8 Å². The zero-order valence-corrected chi connectivity index (χ0v) is 62.9. The van der Waals surface area contributed by atoms with Gasteiger partial charge in [0.05, 0.1) is 45.5 Å². The van der Waals surface area contributed by atoms with Crippen molar-refractivity contribution in [3.05, 3.63) is 29.3 Å². The molecule has 0 bridgehead atoms. The van der Waals surface area contributed by atoms with Crippen LogP contribution < -0.4 is 74.5 Å². The molecule has 0 aliphatic carbocycles. The van der Waals surface area contributed by atoms with Crippen molar-refractivity contribution in [2.24, 2.45) is 0 Å². The number of nitrogens with one attached hydrogen (secondary N) is 3. The number of ether oxygens (including phenoxy) is 1. The van der Waals surface area contributed by atoms with Crippen LogP contribution in [0.5, 0.6) is 0 Å². The van der Waals surface area contributed by atoms with Gasteiger partial charge < -0.3 is 50.4 Å². The van der Waals surface area contributed by atoms with E-state index in [4.69, 9.17) is 21.4 Å². The van der Waals surface area contributed by atoms with Crippen molar-refractivity contribution in [2.45, 2.75) is 306 Å². The fourth-order valence-electron chi connectivity index (χ4n) is 13.4. The third-order valence-electron chi connectivity index (χ3n) is 15.8. The van der Waals surface area contributed by atoms with E-state index in [1.165, 1.54) is 39.3 Å². The second-order valence-electron chi connectivity index (χ2n) is 29.7. The molecule has 0 saturated carbocycles. The zero-order chi connectivity index (χ0) is 65.9. The second-order valence-corrected chi connectivity index (χ2v) is 34.5. The Morgan fingerprint density at radius 3 is 1.17 bits per heavy atom. The second kappa shape index (κ2) is 31.3. The molecule has 492 valence electrons. The van der Waals surface area contributed by atoms with E-state index in [0.717, 1.165) is 12.8 Å². The molecule has 1 aromatic carbocycles. The molecular formula is C56H104ClN7Na2O17S3. The molecule has 0 atom stereocenters. The SMILES string of the molecule is CC(=O)NC1CC(C)(C)N(O)C(C)(C)C1.CC1(C)CC(NS(=O)(=O)c2ccc(Cl)cc2)CC(C)(C)N1O.CC1(C)CC(OCCC(=O)O)CC(C)(C)N1O.CC1(C)CC(OS(=O)(=O)[O-])CC(C)(C)N1O.CC1(C)CC(S(=O)(=O)[O-])CC(C)(C)N1.[Na+].[Na+]. The van der Waals surface area contributed by atoms with Crippen LogP contribution in [0.3, 0.4) is 0 Å². The summed E-state index contributed by atoms with van der Waals surface area (Å²) >= 11 is 5.80. The molecule has 5 saturated heterocycles. The number of hydrogen-bond donors (Lipinski definition) is 8. The number of halogens is 1. The molecular weight excluding hydrogens is 1220 g/mol. The van der Waals surface area contributed by atoms with Crippen LogP contribution in [-0.2, 0) is 49.0 Å². The summed E-state index contributed by atoms with van der Waals surface area (Å²) in [6, 6.07) is 6.00. The third kappa shape index (κ3) is 27.0. The molecule has 5 fully saturated rings. The minimum Gasteiger partial charge on any atom is -0.748 e. The fourth-order valence-corrected chi connectivity index (χ4v) is 16.4. The van der Waals surface area contributed by atoms with Crippen LogP contribution in [0.2, 0.25) is 5.02 Å². The number of benzene rings is 1. The predicted octanol–water partition coefficient (Wildman–Crippen LogP) is 2.17. The molecule has 1 amide bonds. The summed E-state index contributed by atoms with van der Waals surface area (Å²) in [7, 11) is -12.5. The first-order chi connectivity index (χ1) is 37.2. The Bertz CT molecular complexity index is 2630. The third-order valence-corrected chi connectivity index (χ3v) is 19.3. The van der Waals surface area contributed by atoms with Crippen molar-refractivity contribution in [3.8, 4) is 0 Å². The maximum absolute atomic E-state index is 12.5. The minimum atomic E-state index is -4.69. The quantitative estimate of drug-likeness (QED) is 0.0894. The number of rotatable bonds is 11. The number of carbonyl (C=O) groups is 2. The summed E-state index contributed by atoms with van der Waals surface area (Å²) in [6.45, 7) is 39.9. The van der Waals surface area contributed by atoms with Gasteiger partial charge in [-0.05, 0) is 227 Å². The van der Waals surface area contributed by atoms with Gasteiger partial charge in [0.25, 0.3) is 0 Å². The normalized spacial score (nSPS) is 24.7. The van der Waals surface area contributed by atoms with Crippen molar-refractivity contribution in [3.63, 3.8) is 0 Å². The largest absolute Gasteiger partial charge is 1.00 e. The van der Waals surface area contributed by atoms with Gasteiger partial charge in [-0.2, -0.15) is 20.3 Å². The predicted molar refractivity (Wildman–Crippen MR) is 318 cm³/mol. The van der Waals surface area contributed by atoms with Crippen LogP contribution in [-0.4, -0.2) is 184 Å². The Balaban J connectivity index is 0.00000105. The summed E-state index contributed by atoms with van der Waals surface area (Å²) < 4.78 is 102. The zero-order valence-electron chi connectivity index (χ0n) is 55.7. The van der Waals surface area contributed by atoms with Gasteiger partial charge in [0.2, 0.25) is 26.3 Å². The van der Waals surface area contributed by atoms with Crippen LogP contribution in [0.15, 0.2) is 29.2 Å². The van der Waals surface area contributed by atoms with Gasteiger partial charge in [-0.3, -0.25) is 13.8 Å². The topological polar surface area (TPSA) is 351 Å². The van der Waals surface area contributed by atoms with Gasteiger partial charge in [-0.15, -0.1) is 0 Å². The molecule has 8 N–H and O–H groups in total. The summed E-state index contributed by atoms with van der Waals surface area (Å²) in [6.07, 6.45) is 4.70. The molecule has 0 spiro atoms. The van der Waals surface area contributed by atoms with Crippen LogP contribution >= 0.6 is 11.6 Å². The van der Waals surface area contributed by atoms with Gasteiger partial charge in [0, 0.05) is 79.4 Å². The molecule has 5 aliphatic rings. The van der Waals surface area contributed by atoms with Crippen molar-refractivity contribution >= 4 is 54.0 Å². The summed E-state index contributed by atoms with van der Waals surface area (Å²) in [5, 5.41) is 60.2. The molecule has 0 radical (unpaired) electrons. The van der Waals surface area contributed by atoms with Crippen LogP contribution in [0.1, 0.15) is 216 Å². The molecule has 5 aliphatic heterocycles. The minimum absolute atomic E-state index is 0. The van der Waals surface area contributed by atoms with Crippen molar-refractivity contribution < 1.29 is 138 Å². The van der Waals surface area contributed by atoms with E-state index in [-0.39, 0.29) is 147 Å². The molecule has 5 heterocycles. The Labute approximate surface area is 564 Å². The van der Waals surface area contributed by atoms with Gasteiger partial charge >= 0.3 is 65.1 Å². The van der Waals surface area contributed by atoms with E-state index in [1.54, 1.807) is 39.8 Å². The van der Waals surface area contributed by atoms with Crippen molar-refractivity contribution in [1.29, 1.82) is 0 Å².